The number of aliphatic hydroxyl groups is 4. The van der Waals surface area contributed by atoms with Crippen LogP contribution in [0.5, 0.6) is 0 Å². The van der Waals surface area contributed by atoms with Crippen molar-refractivity contribution in [2.45, 2.75) is 24.4 Å². The van der Waals surface area contributed by atoms with E-state index in [-0.39, 0.29) is 12.8 Å². The lowest BCUT2D eigenvalue weighted by atomic mass is 10.2. The molecule has 0 spiro atoms. The van der Waals surface area contributed by atoms with Crippen LogP contribution in [0.25, 0.3) is 0 Å². The quantitative estimate of drug-likeness (QED) is 0.290. The predicted molar refractivity (Wildman–Crippen MR) is 28.6 cm³/mol. The Morgan fingerprint density at radius 2 is 1.30 bits per heavy atom. The molecule has 0 unspecified atom stereocenters. The summed E-state index contributed by atoms with van der Waals surface area (Å²) >= 11 is 0. The summed E-state index contributed by atoms with van der Waals surface area (Å²) in [6, 6.07) is 0. The summed E-state index contributed by atoms with van der Waals surface area (Å²) in [6.07, 6.45) is -0.669. The molecule has 58 valence electrons. The third kappa shape index (κ3) is 0.929. The van der Waals surface area contributed by atoms with Crippen LogP contribution in [0.15, 0.2) is 0 Å². The molecule has 1 rings (SSSR count). The van der Waals surface area contributed by atoms with Crippen molar-refractivity contribution < 1.29 is 25.2 Å². The van der Waals surface area contributed by atoms with Crippen LogP contribution in [0.3, 0.4) is 0 Å². The molecule has 0 atom stereocenters. The minimum Gasteiger partial charge on any atom is -0.360 e. The van der Waals surface area contributed by atoms with Gasteiger partial charge in [0.2, 0.25) is 17.4 Å². The van der Waals surface area contributed by atoms with Crippen LogP contribution in [0, 0.1) is 0 Å². The smallest absolute Gasteiger partial charge is 0.249 e. The van der Waals surface area contributed by atoms with Gasteiger partial charge in [-0.25, -0.2) is 0 Å². The highest BCUT2D eigenvalue weighted by Crippen LogP contribution is 2.29. The SMILES string of the molecule is O=C1C(O)(O)CCC1(O)O. The molecule has 5 heteroatoms. The molecule has 0 aromatic carbocycles. The molecule has 0 heterocycles. The zero-order valence-corrected chi connectivity index (χ0v) is 5.11. The standard InChI is InChI=1S/C5H8O5/c6-3-4(7,8)1-2-5(3,9)10/h7-10H,1-2H2. The Hall–Kier alpha value is -0.490. The van der Waals surface area contributed by atoms with E-state index in [2.05, 4.69) is 0 Å². The summed E-state index contributed by atoms with van der Waals surface area (Å²) in [5.41, 5.74) is 0. The van der Waals surface area contributed by atoms with Gasteiger partial charge in [-0.1, -0.05) is 0 Å². The zero-order chi connectivity index (χ0) is 7.99. The van der Waals surface area contributed by atoms with Crippen molar-refractivity contribution in [1.29, 1.82) is 0 Å². The van der Waals surface area contributed by atoms with Crippen LogP contribution in [0.2, 0.25) is 0 Å². The summed E-state index contributed by atoms with van der Waals surface area (Å²) in [4.78, 5) is 10.5. The molecular weight excluding hydrogens is 140 g/mol. The Kier molecular flexibility index (Phi) is 1.34. The second-order valence-corrected chi connectivity index (χ2v) is 2.46. The lowest BCUT2D eigenvalue weighted by Gasteiger charge is -2.14. The van der Waals surface area contributed by atoms with Crippen LogP contribution >= 0.6 is 0 Å². The first-order valence-corrected chi connectivity index (χ1v) is 2.81. The first kappa shape index (κ1) is 7.62. The van der Waals surface area contributed by atoms with Crippen molar-refractivity contribution in [1.82, 2.24) is 0 Å². The van der Waals surface area contributed by atoms with Crippen LogP contribution in [0.1, 0.15) is 12.8 Å². The van der Waals surface area contributed by atoms with Gasteiger partial charge >= 0.3 is 0 Å². The van der Waals surface area contributed by atoms with Gasteiger partial charge in [0, 0.05) is 12.8 Å². The van der Waals surface area contributed by atoms with Gasteiger partial charge in [0.15, 0.2) is 0 Å². The molecular formula is C5H8O5. The Morgan fingerprint density at radius 1 is 1.00 bits per heavy atom. The summed E-state index contributed by atoms with van der Waals surface area (Å²) < 4.78 is 0. The van der Waals surface area contributed by atoms with E-state index in [1.54, 1.807) is 0 Å². The molecule has 1 fully saturated rings. The van der Waals surface area contributed by atoms with Crippen LogP contribution in [-0.4, -0.2) is 37.8 Å². The van der Waals surface area contributed by atoms with Crippen molar-refractivity contribution in [3.05, 3.63) is 0 Å². The van der Waals surface area contributed by atoms with E-state index in [0.717, 1.165) is 0 Å². The van der Waals surface area contributed by atoms with Gasteiger partial charge in [0.25, 0.3) is 0 Å². The van der Waals surface area contributed by atoms with Gasteiger partial charge in [-0.05, 0) is 0 Å². The van der Waals surface area contributed by atoms with E-state index < -0.39 is 17.4 Å². The predicted octanol–water partition coefficient (Wildman–Crippen LogP) is -2.29. The molecule has 1 saturated carbocycles. The molecule has 0 bridgehead atoms. The third-order valence-corrected chi connectivity index (χ3v) is 1.55. The topological polar surface area (TPSA) is 98.0 Å². The molecule has 0 aliphatic heterocycles. The van der Waals surface area contributed by atoms with Gasteiger partial charge in [-0.2, -0.15) is 0 Å². The van der Waals surface area contributed by atoms with E-state index in [0.29, 0.717) is 0 Å². The average molecular weight is 148 g/mol. The summed E-state index contributed by atoms with van der Waals surface area (Å²) in [6.45, 7) is 0. The molecule has 1 aliphatic carbocycles. The molecule has 0 aromatic heterocycles. The normalized spacial score (nSPS) is 29.0. The van der Waals surface area contributed by atoms with Crippen LogP contribution < -0.4 is 0 Å². The van der Waals surface area contributed by atoms with Crippen molar-refractivity contribution in [2.75, 3.05) is 0 Å². The average Bonchev–Trinajstić information content (AvgIpc) is 1.95. The van der Waals surface area contributed by atoms with Crippen molar-refractivity contribution in [2.24, 2.45) is 0 Å². The lowest BCUT2D eigenvalue weighted by Crippen LogP contribution is -2.44. The van der Waals surface area contributed by atoms with Crippen molar-refractivity contribution in [3.8, 4) is 0 Å². The van der Waals surface area contributed by atoms with Gasteiger partial charge < -0.3 is 20.4 Å². The molecule has 0 saturated heterocycles. The van der Waals surface area contributed by atoms with Gasteiger partial charge in [0.05, 0.1) is 0 Å². The fraction of sp³-hybridized carbons (Fsp3) is 0.800. The highest BCUT2D eigenvalue weighted by atomic mass is 16.5. The zero-order valence-electron chi connectivity index (χ0n) is 5.11. The number of hydrogen-bond acceptors (Lipinski definition) is 5. The first-order chi connectivity index (χ1) is 4.36. The molecule has 0 amide bonds. The van der Waals surface area contributed by atoms with Crippen LogP contribution in [0.4, 0.5) is 0 Å². The molecule has 0 aromatic rings. The number of ketones is 1. The fourth-order valence-corrected chi connectivity index (χ4v) is 0.896. The number of carbonyl (C=O) groups excluding carboxylic acids is 1. The van der Waals surface area contributed by atoms with E-state index in [4.69, 9.17) is 20.4 Å². The highest BCUT2D eigenvalue weighted by molar-refractivity contribution is 5.93. The van der Waals surface area contributed by atoms with E-state index in [1.807, 2.05) is 0 Å². The number of hydrogen-bond donors (Lipinski definition) is 4. The molecule has 0 radical (unpaired) electrons. The fourth-order valence-electron chi connectivity index (χ4n) is 0.896. The summed E-state index contributed by atoms with van der Waals surface area (Å²) in [5.74, 6) is -6.45. The minimum atomic E-state index is -2.55. The lowest BCUT2D eigenvalue weighted by molar-refractivity contribution is -0.205. The maximum Gasteiger partial charge on any atom is 0.249 e. The second kappa shape index (κ2) is 1.76. The third-order valence-electron chi connectivity index (χ3n) is 1.55. The van der Waals surface area contributed by atoms with Crippen molar-refractivity contribution in [3.63, 3.8) is 0 Å². The Labute approximate surface area is 56.5 Å². The van der Waals surface area contributed by atoms with Crippen LogP contribution in [-0.2, 0) is 4.79 Å². The van der Waals surface area contributed by atoms with Gasteiger partial charge in [-0.3, -0.25) is 4.79 Å². The molecule has 5 nitrogen and oxygen atoms in total. The van der Waals surface area contributed by atoms with E-state index in [9.17, 15) is 4.79 Å². The Bertz CT molecular complexity index is 153. The summed E-state index contributed by atoms with van der Waals surface area (Å²) in [7, 11) is 0. The molecule has 4 N–H and O–H groups in total. The first-order valence-electron chi connectivity index (χ1n) is 2.81. The second-order valence-electron chi connectivity index (χ2n) is 2.46. The minimum absolute atomic E-state index is 0.334. The maximum atomic E-state index is 10.5. The number of carbonyl (C=O) groups is 1. The Morgan fingerprint density at radius 3 is 1.40 bits per heavy atom. The monoisotopic (exact) mass is 148 g/mol. The highest BCUT2D eigenvalue weighted by Gasteiger charge is 2.54. The van der Waals surface area contributed by atoms with Crippen molar-refractivity contribution >= 4 is 5.78 Å². The largest absolute Gasteiger partial charge is 0.360 e. The maximum absolute atomic E-state index is 10.5. The number of Topliss-reactive ketones (excluding diaryl/α,β-unsaturated/α-hetero) is 1. The number of rotatable bonds is 0. The Balaban J connectivity index is 2.88. The van der Waals surface area contributed by atoms with E-state index in [1.165, 1.54) is 0 Å². The molecule has 10 heavy (non-hydrogen) atoms. The molecule has 1 aliphatic rings. The van der Waals surface area contributed by atoms with Gasteiger partial charge in [0.1, 0.15) is 0 Å². The van der Waals surface area contributed by atoms with E-state index >= 15 is 0 Å². The summed E-state index contributed by atoms with van der Waals surface area (Å²) in [5, 5.41) is 34.7. The van der Waals surface area contributed by atoms with Gasteiger partial charge in [-0.15, -0.1) is 0 Å².